The second kappa shape index (κ2) is 11.8. The molecule has 17 heteroatoms. The molecule has 0 amide bonds. The third-order valence-corrected chi connectivity index (χ3v) is 6.96. The minimum atomic E-state index is -4.64. The lowest BCUT2D eigenvalue weighted by Crippen LogP contribution is -2.48. The van der Waals surface area contributed by atoms with Crippen molar-refractivity contribution in [3.63, 3.8) is 0 Å². The summed E-state index contributed by atoms with van der Waals surface area (Å²) in [7, 11) is -4.64. The average molecular weight is 572 g/mol. The molecule has 1 saturated heterocycles. The fourth-order valence-corrected chi connectivity index (χ4v) is 5.01. The van der Waals surface area contributed by atoms with Crippen LogP contribution < -0.4 is 15.3 Å². The van der Waals surface area contributed by atoms with Crippen LogP contribution in [0.2, 0.25) is 0 Å². The smallest absolute Gasteiger partial charge is 0.459 e. The zero-order chi connectivity index (χ0) is 29.0. The molecule has 0 spiro atoms. The number of alkyl halides is 2. The fourth-order valence-electron chi connectivity index (χ4n) is 3.50. The summed E-state index contributed by atoms with van der Waals surface area (Å²) in [6, 6.07) is 7.50. The number of hydrogen-bond donors (Lipinski definition) is 2. The van der Waals surface area contributed by atoms with E-state index in [2.05, 4.69) is 20.1 Å². The minimum Gasteiger partial charge on any atom is -0.462 e. The van der Waals surface area contributed by atoms with E-state index < -0.39 is 62.1 Å². The molecule has 14 nitrogen and oxygen atoms in total. The number of nitrogens with zero attached hydrogens (tertiary/aromatic N) is 5. The molecule has 2 unspecified atom stereocenters. The van der Waals surface area contributed by atoms with E-state index in [0.29, 0.717) is 4.57 Å². The van der Waals surface area contributed by atoms with Crippen LogP contribution in [0.4, 0.5) is 8.78 Å². The Balaban J connectivity index is 1.95. The fraction of sp³-hybridized carbons (Fsp3) is 0.500. The number of benzene rings is 1. The number of aryl methyl sites for hydroxylation is 1. The number of azide groups is 1. The Labute approximate surface area is 221 Å². The van der Waals surface area contributed by atoms with Crippen molar-refractivity contribution in [2.24, 2.45) is 5.11 Å². The van der Waals surface area contributed by atoms with Gasteiger partial charge in [-0.05, 0) is 51.4 Å². The molecule has 1 aliphatic rings. The van der Waals surface area contributed by atoms with Crippen molar-refractivity contribution >= 4 is 13.7 Å². The molecule has 39 heavy (non-hydrogen) atoms. The SMILES string of the molecule is Cc1ccn([C@@H]2O[C@@](COP(=O)(NC(C)C(=O)OC(C)C)Oc3ccccc3)(N=[N+]=[N-])[C@@H](O)C2(F)F)c(=O)n1. The highest BCUT2D eigenvalue weighted by atomic mass is 31.2. The predicted molar refractivity (Wildman–Crippen MR) is 131 cm³/mol. The van der Waals surface area contributed by atoms with Crippen LogP contribution in [0.15, 0.2) is 52.5 Å². The highest BCUT2D eigenvalue weighted by Gasteiger charge is 2.67. The summed E-state index contributed by atoms with van der Waals surface area (Å²) in [5, 5.41) is 16.1. The Morgan fingerprint density at radius 2 is 2.00 bits per heavy atom. The van der Waals surface area contributed by atoms with Gasteiger partial charge in [0.05, 0.1) is 12.7 Å². The molecule has 2 N–H and O–H groups in total. The number of carbonyl (C=O) groups is 1. The lowest BCUT2D eigenvalue weighted by atomic mass is 10.1. The number of para-hydroxylation sites is 1. The summed E-state index contributed by atoms with van der Waals surface area (Å²) in [4.78, 5) is 30.6. The summed E-state index contributed by atoms with van der Waals surface area (Å²) >= 11 is 0. The normalized spacial score (nSPS) is 24.4. The number of ether oxygens (including phenoxy) is 2. The van der Waals surface area contributed by atoms with Crippen LogP contribution in [-0.4, -0.2) is 57.1 Å². The van der Waals surface area contributed by atoms with Crippen molar-refractivity contribution in [2.45, 2.75) is 63.8 Å². The molecule has 1 aromatic heterocycles. The summed E-state index contributed by atoms with van der Waals surface area (Å²) < 4.78 is 65.6. The molecule has 0 saturated carbocycles. The van der Waals surface area contributed by atoms with Crippen LogP contribution >= 0.6 is 7.75 Å². The van der Waals surface area contributed by atoms with Crippen molar-refractivity contribution in [2.75, 3.05) is 6.61 Å². The van der Waals surface area contributed by atoms with Crippen molar-refractivity contribution < 1.29 is 41.8 Å². The number of halogens is 2. The summed E-state index contributed by atoms with van der Waals surface area (Å²) in [6.07, 6.45) is -4.88. The predicted octanol–water partition coefficient (Wildman–Crippen LogP) is 3.22. The number of esters is 1. The molecular weight excluding hydrogens is 545 g/mol. The Morgan fingerprint density at radius 3 is 2.59 bits per heavy atom. The van der Waals surface area contributed by atoms with Crippen molar-refractivity contribution in [1.82, 2.24) is 14.6 Å². The van der Waals surface area contributed by atoms with Gasteiger partial charge >= 0.3 is 25.3 Å². The quantitative estimate of drug-likeness (QED) is 0.133. The first kappa shape index (κ1) is 30.2. The largest absolute Gasteiger partial charge is 0.462 e. The molecule has 0 radical (unpaired) electrons. The van der Waals surface area contributed by atoms with Gasteiger partial charge in [0.1, 0.15) is 11.8 Å². The van der Waals surface area contributed by atoms with Gasteiger partial charge in [-0.25, -0.2) is 9.36 Å². The number of aliphatic hydroxyl groups excluding tert-OH is 1. The monoisotopic (exact) mass is 572 g/mol. The zero-order valence-electron chi connectivity index (χ0n) is 21.3. The zero-order valence-corrected chi connectivity index (χ0v) is 22.2. The van der Waals surface area contributed by atoms with Crippen LogP contribution in [0.1, 0.15) is 32.7 Å². The van der Waals surface area contributed by atoms with Gasteiger partial charge in [-0.15, -0.1) is 0 Å². The van der Waals surface area contributed by atoms with Gasteiger partial charge in [-0.2, -0.15) is 18.9 Å². The highest BCUT2D eigenvalue weighted by Crippen LogP contribution is 2.52. The van der Waals surface area contributed by atoms with E-state index in [4.69, 9.17) is 24.1 Å². The van der Waals surface area contributed by atoms with E-state index in [1.165, 1.54) is 32.0 Å². The number of nitrogens with one attached hydrogen (secondary N) is 1. The second-order valence-corrected chi connectivity index (χ2v) is 10.5. The molecule has 3 rings (SSSR count). The Bertz CT molecular complexity index is 1340. The summed E-state index contributed by atoms with van der Waals surface area (Å²) in [5.41, 5.74) is 5.33. The third-order valence-electron chi connectivity index (χ3n) is 5.34. The maximum Gasteiger partial charge on any atom is 0.459 e. The van der Waals surface area contributed by atoms with E-state index in [-0.39, 0.29) is 11.4 Å². The average Bonchev–Trinajstić information content (AvgIpc) is 3.04. The highest BCUT2D eigenvalue weighted by molar-refractivity contribution is 7.52. The number of aliphatic hydroxyl groups is 1. The second-order valence-electron chi connectivity index (χ2n) is 8.85. The standard InChI is InChI=1S/C22H27F2N6O8P/c1-13(2)36-17(31)15(4)27-39(34,38-16-8-6-5-7-9-16)35-12-21(28-29-25)18(32)22(23,24)19(37-21)30-11-10-14(3)26-20(30)33/h5-11,13,15,18-19,32H,12H2,1-4H3,(H,27,34)/t15?,18-,19-,21-,39?/m1/s1. The number of hydrogen-bond acceptors (Lipinski definition) is 10. The molecule has 212 valence electrons. The van der Waals surface area contributed by atoms with Gasteiger partial charge in [0.15, 0.2) is 6.10 Å². The molecule has 0 aliphatic carbocycles. The van der Waals surface area contributed by atoms with Gasteiger partial charge < -0.3 is 19.1 Å². The lowest BCUT2D eigenvalue weighted by molar-refractivity contribution is -0.149. The molecule has 2 aromatic rings. The molecule has 1 fully saturated rings. The maximum atomic E-state index is 15.2. The first-order chi connectivity index (χ1) is 18.2. The van der Waals surface area contributed by atoms with Crippen molar-refractivity contribution in [1.29, 1.82) is 0 Å². The van der Waals surface area contributed by atoms with Gasteiger partial charge in [-0.1, -0.05) is 23.3 Å². The van der Waals surface area contributed by atoms with Crippen LogP contribution in [-0.2, 0) is 23.4 Å². The number of aromatic nitrogens is 2. The molecule has 5 atom stereocenters. The van der Waals surface area contributed by atoms with E-state index in [1.807, 2.05) is 0 Å². The summed E-state index contributed by atoms with van der Waals surface area (Å²) in [6.45, 7) is 4.69. The molecule has 1 aromatic carbocycles. The molecule has 1 aliphatic heterocycles. The molecule has 2 heterocycles. The first-order valence-electron chi connectivity index (χ1n) is 11.6. The van der Waals surface area contributed by atoms with E-state index in [9.17, 15) is 19.3 Å². The van der Waals surface area contributed by atoms with Gasteiger partial charge in [-0.3, -0.25) is 13.9 Å². The molecular formula is C22H27F2N6O8P. The van der Waals surface area contributed by atoms with Crippen LogP contribution in [0.3, 0.4) is 0 Å². The first-order valence-corrected chi connectivity index (χ1v) is 13.1. The Hall–Kier alpha value is -3.39. The van der Waals surface area contributed by atoms with Crippen LogP contribution in [0.5, 0.6) is 5.75 Å². The summed E-state index contributed by atoms with van der Waals surface area (Å²) in [5.74, 6) is -5.03. The van der Waals surface area contributed by atoms with Gasteiger partial charge in [0.2, 0.25) is 12.0 Å². The lowest BCUT2D eigenvalue weighted by Gasteiger charge is -2.29. The Morgan fingerprint density at radius 1 is 1.33 bits per heavy atom. The molecule has 0 bridgehead atoms. The van der Waals surface area contributed by atoms with E-state index in [1.54, 1.807) is 32.0 Å². The van der Waals surface area contributed by atoms with E-state index >= 15 is 8.78 Å². The van der Waals surface area contributed by atoms with E-state index in [0.717, 1.165) is 6.20 Å². The number of rotatable bonds is 11. The van der Waals surface area contributed by atoms with Crippen molar-refractivity contribution in [3.8, 4) is 5.75 Å². The van der Waals surface area contributed by atoms with Crippen molar-refractivity contribution in [3.05, 3.63) is 69.2 Å². The maximum absolute atomic E-state index is 15.2. The topological polar surface area (TPSA) is 187 Å². The van der Waals surface area contributed by atoms with Crippen LogP contribution in [0.25, 0.3) is 10.4 Å². The number of carbonyl (C=O) groups excluding carboxylic acids is 1. The minimum absolute atomic E-state index is 0.00368. The van der Waals surface area contributed by atoms with Gasteiger partial charge in [0, 0.05) is 16.8 Å². The third kappa shape index (κ3) is 6.79. The van der Waals surface area contributed by atoms with Gasteiger partial charge in [0.25, 0.3) is 0 Å². The Kier molecular flexibility index (Phi) is 9.11. The van der Waals surface area contributed by atoms with Crippen LogP contribution in [0, 0.1) is 6.92 Å².